The molecule has 262 valence electrons. The Bertz CT molecular complexity index is 1370. The van der Waals surface area contributed by atoms with E-state index in [4.69, 9.17) is 5.73 Å². The SMILES string of the molecule is CC(C)C1=CC(C(C)C)=C(c2ccccc2)C(C(C)C)(P(C2CCCCC2)C2CCCCC2)[CH-]1.N[C-]1CC=CC=C1c1ccccc1.[Pd+2]. The molecule has 0 amide bonds. The summed E-state index contributed by atoms with van der Waals surface area (Å²) in [4.78, 5) is 0. The van der Waals surface area contributed by atoms with Crippen molar-refractivity contribution in [1.29, 1.82) is 0 Å². The van der Waals surface area contributed by atoms with Crippen molar-refractivity contribution >= 4 is 19.1 Å². The Labute approximate surface area is 309 Å². The van der Waals surface area contributed by atoms with E-state index in [1.54, 1.807) is 16.7 Å². The minimum Gasteiger partial charge on any atom is -0.357 e. The smallest absolute Gasteiger partial charge is 0.357 e. The van der Waals surface area contributed by atoms with Crippen LogP contribution in [0.4, 0.5) is 0 Å². The largest absolute Gasteiger partial charge is 2.00 e. The van der Waals surface area contributed by atoms with Crippen molar-refractivity contribution in [2.75, 3.05) is 0 Å². The van der Waals surface area contributed by atoms with Crippen LogP contribution in [-0.2, 0) is 20.4 Å². The Morgan fingerprint density at radius 2 is 1.25 bits per heavy atom. The monoisotopic (exact) mass is 753 g/mol. The summed E-state index contributed by atoms with van der Waals surface area (Å²) in [5.74, 6) is 1.75. The number of nitrogens with two attached hydrogens (primary N) is 1. The molecule has 6 rings (SSSR count). The van der Waals surface area contributed by atoms with Crippen LogP contribution >= 0.6 is 7.92 Å². The topological polar surface area (TPSA) is 26.0 Å². The summed E-state index contributed by atoms with van der Waals surface area (Å²) < 4.78 is 0. The van der Waals surface area contributed by atoms with Gasteiger partial charge in [0.1, 0.15) is 0 Å². The van der Waals surface area contributed by atoms with E-state index in [-0.39, 0.29) is 33.5 Å². The van der Waals surface area contributed by atoms with Crippen molar-refractivity contribution in [3.05, 3.63) is 120 Å². The molecule has 0 saturated heterocycles. The van der Waals surface area contributed by atoms with E-state index >= 15 is 0 Å². The molecule has 2 aromatic rings. The fourth-order valence-corrected chi connectivity index (χ4v) is 13.8. The van der Waals surface area contributed by atoms with Crippen molar-refractivity contribution in [3.8, 4) is 0 Å². The van der Waals surface area contributed by atoms with Gasteiger partial charge in [-0.05, 0) is 66.0 Å². The molecule has 4 aliphatic rings. The van der Waals surface area contributed by atoms with E-state index in [1.807, 2.05) is 18.2 Å². The maximum Gasteiger partial charge on any atom is 2.00 e. The molecule has 0 aromatic heterocycles. The third kappa shape index (κ3) is 8.91. The van der Waals surface area contributed by atoms with Gasteiger partial charge in [0.15, 0.2) is 0 Å². The van der Waals surface area contributed by atoms with Gasteiger partial charge in [-0.3, -0.25) is 0 Å². The Balaban J connectivity index is 0.000000310. The predicted octanol–water partition coefficient (Wildman–Crippen LogP) is 13.0. The van der Waals surface area contributed by atoms with Crippen molar-refractivity contribution in [2.24, 2.45) is 23.5 Å². The van der Waals surface area contributed by atoms with Crippen molar-refractivity contribution < 1.29 is 20.4 Å². The van der Waals surface area contributed by atoms with Crippen molar-refractivity contribution in [3.63, 3.8) is 0 Å². The second-order valence-corrected chi connectivity index (χ2v) is 18.4. The molecule has 1 nitrogen and oxygen atoms in total. The summed E-state index contributed by atoms with van der Waals surface area (Å²) in [7, 11) is -0.159. The second-order valence-electron chi connectivity index (χ2n) is 15.4. The van der Waals surface area contributed by atoms with Crippen LogP contribution in [0.5, 0.6) is 0 Å². The van der Waals surface area contributed by atoms with Crippen LogP contribution in [0.2, 0.25) is 0 Å². The third-order valence-corrected chi connectivity index (χ3v) is 15.5. The molecule has 2 N–H and O–H groups in total. The van der Waals surface area contributed by atoms with Crippen LogP contribution in [-0.4, -0.2) is 16.5 Å². The van der Waals surface area contributed by atoms with E-state index in [9.17, 15) is 0 Å². The first-order valence-corrected chi connectivity index (χ1v) is 20.4. The van der Waals surface area contributed by atoms with Gasteiger partial charge in [0, 0.05) is 0 Å². The summed E-state index contributed by atoms with van der Waals surface area (Å²) in [5.41, 5.74) is 16.6. The van der Waals surface area contributed by atoms with Gasteiger partial charge < -0.3 is 5.73 Å². The Morgan fingerprint density at radius 1 is 0.729 bits per heavy atom. The molecule has 0 aliphatic heterocycles. The standard InChI is InChI=1S/C33H50P.C12H12N.Pd/c1-24(2)28-22-31(25(3)4)32(27-16-10-7-11-17-27)33(23-28,26(5)6)34(29-18-12-8-13-19-29)30-20-14-9-15-21-30;13-12-9-5-4-8-11(12)10-6-2-1-3-7-10;/h7,10-11,16-17,22-26,29-30H,8-9,12-15,18-21H2,1-6H3;1-8H,9,13H2;/q2*-1;+2. The van der Waals surface area contributed by atoms with Gasteiger partial charge in [-0.1, -0.05) is 140 Å². The molecule has 1 unspecified atom stereocenters. The van der Waals surface area contributed by atoms with E-state index in [1.165, 1.54) is 75.3 Å². The minimum absolute atomic E-state index is 0. The zero-order chi connectivity index (χ0) is 33.4. The number of hydrogen-bond acceptors (Lipinski definition) is 1. The summed E-state index contributed by atoms with van der Waals surface area (Å²) in [6.45, 7) is 14.9. The molecule has 0 spiro atoms. The number of rotatable bonds is 8. The van der Waals surface area contributed by atoms with Crippen molar-refractivity contribution in [2.45, 2.75) is 129 Å². The van der Waals surface area contributed by atoms with Crippen LogP contribution in [0.25, 0.3) is 11.1 Å². The molecule has 3 heteroatoms. The van der Waals surface area contributed by atoms with Crippen LogP contribution in [0.1, 0.15) is 123 Å². The first kappa shape index (κ1) is 39.0. The average Bonchev–Trinajstić information content (AvgIpc) is 3.10. The molecule has 0 radical (unpaired) electrons. The van der Waals surface area contributed by atoms with Gasteiger partial charge >= 0.3 is 20.4 Å². The van der Waals surface area contributed by atoms with Crippen LogP contribution < -0.4 is 5.73 Å². The van der Waals surface area contributed by atoms with E-state index in [0.29, 0.717) is 17.8 Å². The normalized spacial score (nSPS) is 22.3. The molecule has 2 saturated carbocycles. The zero-order valence-electron chi connectivity index (χ0n) is 30.7. The quantitative estimate of drug-likeness (QED) is 0.162. The molecule has 1 atom stereocenters. The number of hydrogen-bond donors (Lipinski definition) is 1. The van der Waals surface area contributed by atoms with Crippen molar-refractivity contribution in [1.82, 2.24) is 0 Å². The molecule has 0 heterocycles. The first-order chi connectivity index (χ1) is 22.7. The Hall–Kier alpha value is -1.81. The second kappa shape index (κ2) is 18.4. The molecule has 4 aliphatic carbocycles. The summed E-state index contributed by atoms with van der Waals surface area (Å²) in [6, 6.07) is 22.8. The summed E-state index contributed by atoms with van der Waals surface area (Å²) in [6.07, 6.45) is 27.2. The van der Waals surface area contributed by atoms with Gasteiger partial charge in [-0.2, -0.15) is 11.6 Å². The van der Waals surface area contributed by atoms with Gasteiger partial charge in [-0.25, -0.2) is 18.1 Å². The number of allylic oxidation sites excluding steroid dienone is 6. The molecule has 0 bridgehead atoms. The fraction of sp³-hybridized carbons (Fsp3) is 0.511. The van der Waals surface area contributed by atoms with Crippen LogP contribution in [0, 0.1) is 30.2 Å². The first-order valence-electron chi connectivity index (χ1n) is 18.9. The van der Waals surface area contributed by atoms with E-state index in [2.05, 4.69) is 115 Å². The van der Waals surface area contributed by atoms with Gasteiger partial charge in [0.25, 0.3) is 0 Å². The van der Waals surface area contributed by atoms with E-state index in [0.717, 1.165) is 29.4 Å². The molecular weight excluding hydrogens is 692 g/mol. The minimum atomic E-state index is -0.159. The zero-order valence-corrected chi connectivity index (χ0v) is 33.1. The molecule has 2 aromatic carbocycles. The van der Waals surface area contributed by atoms with Crippen LogP contribution in [0.15, 0.2) is 96.1 Å². The molecule has 2 fully saturated rings. The molecular formula is C45H62NPPd. The van der Waals surface area contributed by atoms with Gasteiger partial charge in [-0.15, -0.1) is 49.4 Å². The summed E-state index contributed by atoms with van der Waals surface area (Å²) in [5, 5.41) is 0.189. The Kier molecular flexibility index (Phi) is 15.0. The fourth-order valence-electron chi connectivity index (χ4n) is 8.70. The third-order valence-electron chi connectivity index (χ3n) is 11.2. The van der Waals surface area contributed by atoms with Gasteiger partial charge in [0.2, 0.25) is 0 Å². The Morgan fingerprint density at radius 3 is 1.71 bits per heavy atom. The van der Waals surface area contributed by atoms with E-state index < -0.39 is 0 Å². The molecule has 48 heavy (non-hydrogen) atoms. The van der Waals surface area contributed by atoms with Crippen LogP contribution in [0.3, 0.4) is 0 Å². The maximum absolute atomic E-state index is 5.91. The number of benzene rings is 2. The predicted molar refractivity (Wildman–Crippen MR) is 209 cm³/mol. The van der Waals surface area contributed by atoms with Gasteiger partial charge in [0.05, 0.1) is 0 Å². The maximum atomic E-state index is 5.91. The summed E-state index contributed by atoms with van der Waals surface area (Å²) >= 11 is 0. The average molecular weight is 754 g/mol.